The van der Waals surface area contributed by atoms with E-state index < -0.39 is 6.17 Å². The van der Waals surface area contributed by atoms with Crippen LogP contribution >= 0.6 is 0 Å². The molecule has 1 amide bonds. The number of hydrogen-bond donors (Lipinski definition) is 1. The molecule has 0 spiro atoms. The lowest BCUT2D eigenvalue weighted by atomic mass is 10.0. The molecule has 4 heteroatoms. The average molecular weight is 322 g/mol. The summed E-state index contributed by atoms with van der Waals surface area (Å²) < 4.78 is 0. The minimum Gasteiger partial charge on any atom is -0.329 e. The van der Waals surface area contributed by atoms with Gasteiger partial charge in [0.25, 0.3) is 5.91 Å². The lowest BCUT2D eigenvalue weighted by molar-refractivity contribution is 0.0652. The molecule has 4 nitrogen and oxygen atoms in total. The predicted molar refractivity (Wildman–Crippen MR) is 93.9 cm³/mol. The number of likely N-dealkylation sites (tertiary alicyclic amines) is 1. The van der Waals surface area contributed by atoms with E-state index in [0.29, 0.717) is 11.1 Å². The van der Waals surface area contributed by atoms with Crippen LogP contribution in [0.4, 0.5) is 0 Å². The summed E-state index contributed by atoms with van der Waals surface area (Å²) in [5.41, 5.74) is 1.20. The first kappa shape index (κ1) is 16.4. The molecule has 24 heavy (non-hydrogen) atoms. The van der Waals surface area contributed by atoms with E-state index >= 15 is 0 Å². The number of nitrogens with one attached hydrogen (secondary N) is 1. The molecule has 2 aromatic carbocycles. The van der Waals surface area contributed by atoms with Crippen molar-refractivity contribution in [2.45, 2.75) is 25.4 Å². The Hall–Kier alpha value is -2.46. The highest BCUT2D eigenvalue weighted by atomic mass is 16.2. The third-order valence-corrected chi connectivity index (χ3v) is 4.37. The van der Waals surface area contributed by atoms with Crippen molar-refractivity contribution in [3.05, 3.63) is 71.8 Å². The minimum atomic E-state index is -0.611. The van der Waals surface area contributed by atoms with Gasteiger partial charge in [-0.15, -0.1) is 0 Å². The molecule has 1 heterocycles. The summed E-state index contributed by atoms with van der Waals surface area (Å²) in [6.45, 7) is 1.66. The van der Waals surface area contributed by atoms with Crippen molar-refractivity contribution in [3.8, 4) is 0 Å². The van der Waals surface area contributed by atoms with Gasteiger partial charge in [0, 0.05) is 24.2 Å². The summed E-state index contributed by atoms with van der Waals surface area (Å²) >= 11 is 0. The molecule has 0 radical (unpaired) electrons. The van der Waals surface area contributed by atoms with Crippen LogP contribution in [0.15, 0.2) is 60.7 Å². The van der Waals surface area contributed by atoms with E-state index in [-0.39, 0.29) is 11.7 Å². The van der Waals surface area contributed by atoms with E-state index in [2.05, 4.69) is 10.2 Å². The van der Waals surface area contributed by atoms with Gasteiger partial charge in [-0.3, -0.25) is 14.5 Å². The molecule has 1 saturated heterocycles. The Morgan fingerprint density at radius 2 is 1.33 bits per heavy atom. The second kappa shape index (κ2) is 7.88. The molecule has 1 aliphatic rings. The van der Waals surface area contributed by atoms with Gasteiger partial charge in [-0.25, -0.2) is 0 Å². The molecular formula is C20H22N2O2. The molecule has 3 rings (SSSR count). The Labute approximate surface area is 142 Å². The number of amides is 1. The van der Waals surface area contributed by atoms with E-state index in [1.54, 1.807) is 24.3 Å². The van der Waals surface area contributed by atoms with Gasteiger partial charge in [-0.2, -0.15) is 0 Å². The highest BCUT2D eigenvalue weighted by Gasteiger charge is 2.29. The van der Waals surface area contributed by atoms with Crippen molar-refractivity contribution in [2.24, 2.45) is 0 Å². The molecule has 1 atom stereocenters. The van der Waals surface area contributed by atoms with Crippen LogP contribution in [0.3, 0.4) is 0 Å². The van der Waals surface area contributed by atoms with Crippen molar-refractivity contribution >= 4 is 11.7 Å². The number of ketones is 1. The van der Waals surface area contributed by atoms with Crippen LogP contribution in [0.25, 0.3) is 0 Å². The number of benzene rings is 2. The second-order valence-electron chi connectivity index (χ2n) is 6.07. The molecule has 0 bridgehead atoms. The quantitative estimate of drug-likeness (QED) is 0.861. The van der Waals surface area contributed by atoms with Gasteiger partial charge in [0.1, 0.15) is 6.17 Å². The molecular weight excluding hydrogens is 300 g/mol. The first-order valence-corrected chi connectivity index (χ1v) is 8.45. The lowest BCUT2D eigenvalue weighted by Gasteiger charge is -2.34. The van der Waals surface area contributed by atoms with Crippen LogP contribution in [0, 0.1) is 0 Å². The number of Topliss-reactive ketones (excluding diaryl/α,β-unsaturated/α-hetero) is 1. The third kappa shape index (κ3) is 3.89. The third-order valence-electron chi connectivity index (χ3n) is 4.37. The zero-order valence-corrected chi connectivity index (χ0v) is 13.7. The molecule has 2 aromatic rings. The summed E-state index contributed by atoms with van der Waals surface area (Å²) in [6.07, 6.45) is 2.68. The fourth-order valence-electron chi connectivity index (χ4n) is 3.06. The Morgan fingerprint density at radius 1 is 0.792 bits per heavy atom. The summed E-state index contributed by atoms with van der Waals surface area (Å²) in [5.74, 6) is -0.266. The van der Waals surface area contributed by atoms with Gasteiger partial charge in [-0.05, 0) is 25.0 Å². The van der Waals surface area contributed by atoms with Gasteiger partial charge in [0.05, 0.1) is 0 Å². The van der Waals surface area contributed by atoms with E-state index in [4.69, 9.17) is 0 Å². The number of nitrogens with zero attached hydrogens (tertiary/aromatic N) is 1. The van der Waals surface area contributed by atoms with Gasteiger partial charge in [-0.1, -0.05) is 55.0 Å². The largest absolute Gasteiger partial charge is 0.329 e. The fraction of sp³-hybridized carbons (Fsp3) is 0.300. The monoisotopic (exact) mass is 322 g/mol. The van der Waals surface area contributed by atoms with Crippen LogP contribution in [-0.2, 0) is 0 Å². The van der Waals surface area contributed by atoms with E-state index in [9.17, 15) is 9.59 Å². The molecule has 1 N–H and O–H groups in total. The maximum atomic E-state index is 13.0. The second-order valence-corrected chi connectivity index (χ2v) is 6.07. The van der Waals surface area contributed by atoms with E-state index in [0.717, 1.165) is 25.9 Å². The first-order valence-electron chi connectivity index (χ1n) is 8.45. The molecule has 124 valence electrons. The maximum absolute atomic E-state index is 13.0. The zero-order valence-electron chi connectivity index (χ0n) is 13.7. The van der Waals surface area contributed by atoms with Crippen molar-refractivity contribution < 1.29 is 9.59 Å². The Morgan fingerprint density at radius 3 is 1.92 bits per heavy atom. The number of carbonyl (C=O) groups excluding carboxylic acids is 2. The molecule has 1 fully saturated rings. The molecule has 0 saturated carbocycles. The Balaban J connectivity index is 1.82. The first-order chi connectivity index (χ1) is 11.8. The minimum absolute atomic E-state index is 0.0539. The molecule has 1 aliphatic heterocycles. The van der Waals surface area contributed by atoms with Crippen molar-refractivity contribution in [2.75, 3.05) is 13.1 Å². The Bertz CT molecular complexity index is 679. The van der Waals surface area contributed by atoms with Crippen LogP contribution in [0.2, 0.25) is 0 Å². The van der Waals surface area contributed by atoms with Crippen molar-refractivity contribution in [3.63, 3.8) is 0 Å². The summed E-state index contributed by atoms with van der Waals surface area (Å²) in [7, 11) is 0. The topological polar surface area (TPSA) is 49.4 Å². The number of hydrogen-bond acceptors (Lipinski definition) is 3. The standard InChI is InChI=1S/C20H22N2O2/c23-18(16-10-4-1-5-11-16)19(22-14-8-3-9-15-22)21-20(24)17-12-6-2-7-13-17/h1-2,4-7,10-13,19H,3,8-9,14-15H2,(H,21,24)/t19-/m1/s1. The predicted octanol–water partition coefficient (Wildman–Crippen LogP) is 3.11. The van der Waals surface area contributed by atoms with E-state index in [1.807, 2.05) is 36.4 Å². The smallest absolute Gasteiger partial charge is 0.252 e. The van der Waals surface area contributed by atoms with Gasteiger partial charge >= 0.3 is 0 Å². The molecule has 0 aliphatic carbocycles. The van der Waals surface area contributed by atoms with Crippen LogP contribution in [0.1, 0.15) is 40.0 Å². The van der Waals surface area contributed by atoms with Crippen LogP contribution < -0.4 is 5.32 Å². The van der Waals surface area contributed by atoms with Crippen molar-refractivity contribution in [1.82, 2.24) is 10.2 Å². The highest BCUT2D eigenvalue weighted by molar-refractivity contribution is 6.04. The summed E-state index contributed by atoms with van der Waals surface area (Å²) in [6, 6.07) is 18.2. The van der Waals surface area contributed by atoms with Crippen molar-refractivity contribution in [1.29, 1.82) is 0 Å². The summed E-state index contributed by atoms with van der Waals surface area (Å²) in [5, 5.41) is 2.94. The average Bonchev–Trinajstić information content (AvgIpc) is 2.67. The summed E-state index contributed by atoms with van der Waals surface area (Å²) in [4.78, 5) is 27.6. The van der Waals surface area contributed by atoms with Crippen LogP contribution in [0.5, 0.6) is 0 Å². The number of piperidine rings is 1. The number of rotatable bonds is 5. The van der Waals surface area contributed by atoms with Gasteiger partial charge in [0.15, 0.2) is 5.78 Å². The molecule has 0 aromatic heterocycles. The Kier molecular flexibility index (Phi) is 5.39. The normalized spacial score (nSPS) is 16.3. The zero-order chi connectivity index (χ0) is 16.8. The van der Waals surface area contributed by atoms with E-state index in [1.165, 1.54) is 6.42 Å². The maximum Gasteiger partial charge on any atom is 0.252 e. The molecule has 0 unspecified atom stereocenters. The number of carbonyl (C=O) groups is 2. The van der Waals surface area contributed by atoms with Gasteiger partial charge in [0.2, 0.25) is 0 Å². The van der Waals surface area contributed by atoms with Gasteiger partial charge < -0.3 is 5.32 Å². The lowest BCUT2D eigenvalue weighted by Crippen LogP contribution is -2.54. The SMILES string of the molecule is O=C(N[C@@H](C(=O)c1ccccc1)N1CCCCC1)c1ccccc1. The fourth-order valence-corrected chi connectivity index (χ4v) is 3.06. The van der Waals surface area contributed by atoms with Crippen LogP contribution in [-0.4, -0.2) is 35.8 Å². The highest BCUT2D eigenvalue weighted by Crippen LogP contribution is 2.15.